The first kappa shape index (κ1) is 17.9. The van der Waals surface area contributed by atoms with Crippen LogP contribution in [0, 0.1) is 0 Å². The van der Waals surface area contributed by atoms with E-state index in [1.807, 2.05) is 18.2 Å². The molecule has 7 heteroatoms. The van der Waals surface area contributed by atoms with Gasteiger partial charge in [0.15, 0.2) is 6.10 Å². The molecule has 0 saturated heterocycles. The van der Waals surface area contributed by atoms with Crippen LogP contribution in [0.3, 0.4) is 0 Å². The maximum atomic E-state index is 12.9. The van der Waals surface area contributed by atoms with Crippen molar-refractivity contribution in [3.8, 4) is 5.75 Å². The van der Waals surface area contributed by atoms with Gasteiger partial charge in [-0.15, -0.1) is 0 Å². The van der Waals surface area contributed by atoms with Crippen LogP contribution in [0.1, 0.15) is 30.0 Å². The van der Waals surface area contributed by atoms with Gasteiger partial charge in [0, 0.05) is 0 Å². The van der Waals surface area contributed by atoms with E-state index in [2.05, 4.69) is 11.4 Å². The second-order valence-electron chi connectivity index (χ2n) is 7.02. The van der Waals surface area contributed by atoms with Crippen LogP contribution in [-0.4, -0.2) is 33.2 Å². The number of para-hydroxylation sites is 2. The molecular formula is C20H22N2O4S. The molecule has 0 unspecified atom stereocenters. The molecule has 2 aromatic carbocycles. The average Bonchev–Trinajstić information content (AvgIpc) is 2.66. The summed E-state index contributed by atoms with van der Waals surface area (Å²) in [5, 5.41) is 3.06. The van der Waals surface area contributed by atoms with Gasteiger partial charge in [-0.05, 0) is 42.5 Å². The van der Waals surface area contributed by atoms with Gasteiger partial charge in [0.1, 0.15) is 5.75 Å². The van der Waals surface area contributed by atoms with E-state index in [1.54, 1.807) is 24.3 Å². The summed E-state index contributed by atoms with van der Waals surface area (Å²) in [5.74, 6) is 0.109. The number of rotatable bonds is 3. The molecule has 6 nitrogen and oxygen atoms in total. The summed E-state index contributed by atoms with van der Waals surface area (Å²) in [4.78, 5) is 12.9. The molecule has 1 amide bonds. The fourth-order valence-electron chi connectivity index (χ4n) is 3.82. The average molecular weight is 386 g/mol. The zero-order valence-electron chi connectivity index (χ0n) is 15.1. The Bertz CT molecular complexity index is 973. The SMILES string of the molecule is CS(=O)(=O)N1C[C@H](C(=O)N[C@H]2CCCc3ccccc32)Oc2ccccc21. The van der Waals surface area contributed by atoms with Gasteiger partial charge in [-0.1, -0.05) is 36.4 Å². The quantitative estimate of drug-likeness (QED) is 0.879. The molecule has 1 heterocycles. The Labute approximate surface area is 159 Å². The second-order valence-corrected chi connectivity index (χ2v) is 8.93. The minimum atomic E-state index is -3.51. The fraction of sp³-hybridized carbons (Fsp3) is 0.350. The third-order valence-corrected chi connectivity index (χ3v) is 6.26. The van der Waals surface area contributed by atoms with E-state index in [0.29, 0.717) is 11.4 Å². The van der Waals surface area contributed by atoms with Crippen LogP contribution in [0.15, 0.2) is 48.5 Å². The predicted molar refractivity (Wildman–Crippen MR) is 103 cm³/mol. The highest BCUT2D eigenvalue weighted by Crippen LogP contribution is 2.35. The Hall–Kier alpha value is -2.54. The minimum absolute atomic E-state index is 0.0317. The van der Waals surface area contributed by atoms with E-state index in [0.717, 1.165) is 31.1 Å². The molecule has 0 bridgehead atoms. The Balaban J connectivity index is 1.57. The topological polar surface area (TPSA) is 75.7 Å². The van der Waals surface area contributed by atoms with Crippen LogP contribution >= 0.6 is 0 Å². The summed E-state index contributed by atoms with van der Waals surface area (Å²) in [7, 11) is -3.51. The normalized spacial score (nSPS) is 21.6. The summed E-state index contributed by atoms with van der Waals surface area (Å²) >= 11 is 0. The molecule has 1 aliphatic heterocycles. The predicted octanol–water partition coefficient (Wildman–Crippen LogP) is 2.41. The Morgan fingerprint density at radius 2 is 1.89 bits per heavy atom. The lowest BCUT2D eigenvalue weighted by atomic mass is 9.87. The molecule has 0 aromatic heterocycles. The maximum Gasteiger partial charge on any atom is 0.263 e. The molecule has 2 aliphatic rings. The number of hydrogen-bond donors (Lipinski definition) is 1. The van der Waals surface area contributed by atoms with Crippen molar-refractivity contribution in [2.24, 2.45) is 0 Å². The lowest BCUT2D eigenvalue weighted by Gasteiger charge is -2.35. The number of anilines is 1. The lowest BCUT2D eigenvalue weighted by Crippen LogP contribution is -2.51. The third-order valence-electron chi connectivity index (χ3n) is 5.11. The first-order valence-electron chi connectivity index (χ1n) is 9.05. The third kappa shape index (κ3) is 3.51. The molecule has 1 aliphatic carbocycles. The number of fused-ring (bicyclic) bond motifs is 2. The highest BCUT2D eigenvalue weighted by molar-refractivity contribution is 7.92. The molecule has 2 aromatic rings. The van der Waals surface area contributed by atoms with Crippen molar-refractivity contribution in [1.82, 2.24) is 5.32 Å². The van der Waals surface area contributed by atoms with Crippen LogP contribution in [0.25, 0.3) is 0 Å². The number of carbonyl (C=O) groups is 1. The van der Waals surface area contributed by atoms with E-state index in [-0.39, 0.29) is 18.5 Å². The van der Waals surface area contributed by atoms with Crippen molar-refractivity contribution in [1.29, 1.82) is 0 Å². The fourth-order valence-corrected chi connectivity index (χ4v) is 4.74. The van der Waals surface area contributed by atoms with Gasteiger partial charge >= 0.3 is 0 Å². The van der Waals surface area contributed by atoms with Gasteiger partial charge in [0.25, 0.3) is 5.91 Å². The van der Waals surface area contributed by atoms with E-state index in [1.165, 1.54) is 9.87 Å². The number of nitrogens with zero attached hydrogens (tertiary/aromatic N) is 1. The molecule has 0 radical (unpaired) electrons. The van der Waals surface area contributed by atoms with Crippen LogP contribution in [-0.2, 0) is 21.2 Å². The summed E-state index contributed by atoms with van der Waals surface area (Å²) < 4.78 is 31.5. The van der Waals surface area contributed by atoms with Crippen molar-refractivity contribution < 1.29 is 17.9 Å². The van der Waals surface area contributed by atoms with Crippen molar-refractivity contribution in [3.63, 3.8) is 0 Å². The van der Waals surface area contributed by atoms with Gasteiger partial charge in [0.2, 0.25) is 10.0 Å². The van der Waals surface area contributed by atoms with Gasteiger partial charge in [0.05, 0.1) is 24.5 Å². The number of benzene rings is 2. The maximum absolute atomic E-state index is 12.9. The van der Waals surface area contributed by atoms with E-state index in [4.69, 9.17) is 4.74 Å². The first-order chi connectivity index (χ1) is 12.9. The zero-order chi connectivity index (χ0) is 19.0. The molecule has 27 heavy (non-hydrogen) atoms. The molecule has 2 atom stereocenters. The van der Waals surface area contributed by atoms with Crippen LogP contribution < -0.4 is 14.4 Å². The van der Waals surface area contributed by atoms with Crippen LogP contribution in [0.5, 0.6) is 5.75 Å². The molecular weight excluding hydrogens is 364 g/mol. The zero-order valence-corrected chi connectivity index (χ0v) is 15.9. The van der Waals surface area contributed by atoms with E-state index < -0.39 is 16.1 Å². The minimum Gasteiger partial charge on any atom is -0.476 e. The largest absolute Gasteiger partial charge is 0.476 e. The molecule has 4 rings (SSSR count). The Kier molecular flexibility index (Phi) is 4.55. The molecule has 0 fully saturated rings. The monoisotopic (exact) mass is 386 g/mol. The van der Waals surface area contributed by atoms with Gasteiger partial charge < -0.3 is 10.1 Å². The highest BCUT2D eigenvalue weighted by atomic mass is 32.2. The number of carbonyl (C=O) groups excluding carboxylic acids is 1. The van der Waals surface area contributed by atoms with E-state index in [9.17, 15) is 13.2 Å². The number of aryl methyl sites for hydroxylation is 1. The molecule has 0 saturated carbocycles. The van der Waals surface area contributed by atoms with E-state index >= 15 is 0 Å². The Morgan fingerprint density at radius 1 is 1.15 bits per heavy atom. The van der Waals surface area contributed by atoms with Crippen LogP contribution in [0.2, 0.25) is 0 Å². The van der Waals surface area contributed by atoms with Crippen molar-refractivity contribution in [3.05, 3.63) is 59.7 Å². The number of amides is 1. The van der Waals surface area contributed by atoms with Crippen LogP contribution in [0.4, 0.5) is 5.69 Å². The molecule has 0 spiro atoms. The van der Waals surface area contributed by atoms with Gasteiger partial charge in [-0.2, -0.15) is 0 Å². The second kappa shape index (κ2) is 6.88. The number of nitrogens with one attached hydrogen (secondary N) is 1. The standard InChI is InChI=1S/C20H22N2O4S/c1-27(24,25)22-13-19(26-18-12-5-4-11-17(18)22)20(23)21-16-10-6-8-14-7-2-3-9-15(14)16/h2-5,7,9,11-12,16,19H,6,8,10,13H2,1H3,(H,21,23)/t16-,19+/m0/s1. The lowest BCUT2D eigenvalue weighted by molar-refractivity contribution is -0.128. The first-order valence-corrected chi connectivity index (χ1v) is 10.9. The summed E-state index contributed by atoms with van der Waals surface area (Å²) in [6.45, 7) is -0.0317. The number of sulfonamides is 1. The summed E-state index contributed by atoms with van der Waals surface area (Å²) in [5.41, 5.74) is 2.85. The summed E-state index contributed by atoms with van der Waals surface area (Å²) in [6.07, 6.45) is 3.14. The number of ether oxygens (including phenoxy) is 1. The highest BCUT2D eigenvalue weighted by Gasteiger charge is 2.36. The van der Waals surface area contributed by atoms with Gasteiger partial charge in [-0.3, -0.25) is 9.10 Å². The Morgan fingerprint density at radius 3 is 2.70 bits per heavy atom. The van der Waals surface area contributed by atoms with Crippen molar-refractivity contribution in [2.45, 2.75) is 31.4 Å². The van der Waals surface area contributed by atoms with Gasteiger partial charge in [-0.25, -0.2) is 8.42 Å². The number of hydrogen-bond acceptors (Lipinski definition) is 4. The van der Waals surface area contributed by atoms with Crippen molar-refractivity contribution in [2.75, 3.05) is 17.1 Å². The summed E-state index contributed by atoms with van der Waals surface area (Å²) in [6, 6.07) is 14.9. The molecule has 1 N–H and O–H groups in total. The molecule has 142 valence electrons. The van der Waals surface area contributed by atoms with Crippen molar-refractivity contribution >= 4 is 21.6 Å². The smallest absolute Gasteiger partial charge is 0.263 e.